The third-order valence-electron chi connectivity index (χ3n) is 1.54. The van der Waals surface area contributed by atoms with Gasteiger partial charge >= 0.3 is 5.97 Å². The predicted molar refractivity (Wildman–Crippen MR) is 50.1 cm³/mol. The van der Waals surface area contributed by atoms with Crippen LogP contribution in [0.25, 0.3) is 0 Å². The molecule has 0 saturated carbocycles. The first kappa shape index (κ1) is 11.2. The van der Waals surface area contributed by atoms with E-state index in [4.69, 9.17) is 5.11 Å². The SMILES string of the molecule is CC(C)C/C=C\CCCC(=O)O. The van der Waals surface area contributed by atoms with Gasteiger partial charge in [-0.25, -0.2) is 0 Å². The lowest BCUT2D eigenvalue weighted by Gasteiger charge is -1.96. The van der Waals surface area contributed by atoms with Crippen LogP contribution in [0.5, 0.6) is 0 Å². The van der Waals surface area contributed by atoms with Crippen LogP contribution in [0.4, 0.5) is 0 Å². The molecule has 0 aliphatic heterocycles. The second-order valence-corrected chi connectivity index (χ2v) is 3.39. The fraction of sp³-hybridized carbons (Fsp3) is 0.700. The molecule has 0 atom stereocenters. The fourth-order valence-corrected chi connectivity index (χ4v) is 0.857. The number of aliphatic carboxylic acids is 1. The summed E-state index contributed by atoms with van der Waals surface area (Å²) in [5.41, 5.74) is 0. The number of hydrogen-bond donors (Lipinski definition) is 1. The molecule has 0 spiro atoms. The Bertz CT molecular complexity index is 148. The quantitative estimate of drug-likeness (QED) is 0.491. The van der Waals surface area contributed by atoms with Crippen LogP contribution in [-0.4, -0.2) is 11.1 Å². The summed E-state index contributed by atoms with van der Waals surface area (Å²) in [5, 5.41) is 8.33. The van der Waals surface area contributed by atoms with E-state index in [2.05, 4.69) is 26.0 Å². The number of allylic oxidation sites excluding steroid dienone is 2. The minimum atomic E-state index is -0.702. The van der Waals surface area contributed by atoms with Gasteiger partial charge in [-0.1, -0.05) is 26.0 Å². The summed E-state index contributed by atoms with van der Waals surface area (Å²) in [7, 11) is 0. The Hall–Kier alpha value is -0.790. The molecule has 70 valence electrons. The third kappa shape index (κ3) is 9.21. The van der Waals surface area contributed by atoms with Crippen LogP contribution < -0.4 is 0 Å². The Balaban J connectivity index is 3.19. The maximum Gasteiger partial charge on any atom is 0.303 e. The maximum atomic E-state index is 10.1. The van der Waals surface area contributed by atoms with E-state index >= 15 is 0 Å². The Kier molecular flexibility index (Phi) is 6.44. The largest absolute Gasteiger partial charge is 0.481 e. The highest BCUT2D eigenvalue weighted by Gasteiger charge is 1.93. The van der Waals surface area contributed by atoms with Crippen LogP contribution in [0.3, 0.4) is 0 Å². The van der Waals surface area contributed by atoms with Crippen LogP contribution in [0, 0.1) is 5.92 Å². The standard InChI is InChI=1S/C10H18O2/c1-9(2)7-5-3-4-6-8-10(11)12/h3,5,9H,4,6-8H2,1-2H3,(H,11,12)/b5-3-. The first-order valence-corrected chi connectivity index (χ1v) is 4.49. The molecule has 0 fully saturated rings. The second kappa shape index (κ2) is 6.89. The van der Waals surface area contributed by atoms with E-state index < -0.39 is 5.97 Å². The molecule has 0 rings (SSSR count). The molecule has 0 unspecified atom stereocenters. The minimum absolute atomic E-state index is 0.284. The number of hydrogen-bond acceptors (Lipinski definition) is 1. The molecule has 0 amide bonds. The lowest BCUT2D eigenvalue weighted by molar-refractivity contribution is -0.137. The van der Waals surface area contributed by atoms with Crippen LogP contribution in [0.1, 0.15) is 39.5 Å². The Morgan fingerprint density at radius 2 is 2.08 bits per heavy atom. The van der Waals surface area contributed by atoms with Gasteiger partial charge in [0.05, 0.1) is 0 Å². The molecular formula is C10H18O2. The molecule has 2 nitrogen and oxygen atoms in total. The Morgan fingerprint density at radius 1 is 1.42 bits per heavy atom. The monoisotopic (exact) mass is 170 g/mol. The average Bonchev–Trinajstić information content (AvgIpc) is 1.95. The Morgan fingerprint density at radius 3 is 2.58 bits per heavy atom. The number of unbranched alkanes of at least 4 members (excludes halogenated alkanes) is 1. The van der Waals surface area contributed by atoms with Gasteiger partial charge in [-0.15, -0.1) is 0 Å². The summed E-state index contributed by atoms with van der Waals surface area (Å²) in [6.07, 6.45) is 7.22. The molecule has 2 heteroatoms. The van der Waals surface area contributed by atoms with Gasteiger partial charge in [-0.05, 0) is 25.2 Å². The molecule has 12 heavy (non-hydrogen) atoms. The molecule has 0 aliphatic rings. The molecule has 0 bridgehead atoms. The van der Waals surface area contributed by atoms with Crippen molar-refractivity contribution in [2.45, 2.75) is 39.5 Å². The lowest BCUT2D eigenvalue weighted by atomic mass is 10.1. The van der Waals surface area contributed by atoms with Crippen molar-refractivity contribution in [1.29, 1.82) is 0 Å². The van der Waals surface area contributed by atoms with Gasteiger partial charge in [0.25, 0.3) is 0 Å². The van der Waals surface area contributed by atoms with Crippen molar-refractivity contribution in [3.63, 3.8) is 0 Å². The van der Waals surface area contributed by atoms with Crippen molar-refractivity contribution in [2.75, 3.05) is 0 Å². The van der Waals surface area contributed by atoms with Crippen molar-refractivity contribution in [3.05, 3.63) is 12.2 Å². The summed E-state index contributed by atoms with van der Waals surface area (Å²) >= 11 is 0. The zero-order chi connectivity index (χ0) is 9.40. The second-order valence-electron chi connectivity index (χ2n) is 3.39. The van der Waals surface area contributed by atoms with Crippen molar-refractivity contribution in [1.82, 2.24) is 0 Å². The average molecular weight is 170 g/mol. The van der Waals surface area contributed by atoms with Crippen molar-refractivity contribution >= 4 is 5.97 Å². The molecule has 0 radical (unpaired) electrons. The van der Waals surface area contributed by atoms with E-state index in [0.717, 1.165) is 19.3 Å². The van der Waals surface area contributed by atoms with E-state index in [0.29, 0.717) is 5.92 Å². The number of carboxylic acids is 1. The highest BCUT2D eigenvalue weighted by molar-refractivity contribution is 5.66. The van der Waals surface area contributed by atoms with Gasteiger partial charge in [0.2, 0.25) is 0 Å². The van der Waals surface area contributed by atoms with Gasteiger partial charge in [-0.2, -0.15) is 0 Å². The maximum absolute atomic E-state index is 10.1. The zero-order valence-electron chi connectivity index (χ0n) is 7.92. The van der Waals surface area contributed by atoms with Crippen LogP contribution in [0.15, 0.2) is 12.2 Å². The van der Waals surface area contributed by atoms with Gasteiger partial charge < -0.3 is 5.11 Å². The van der Waals surface area contributed by atoms with E-state index in [9.17, 15) is 4.79 Å². The van der Waals surface area contributed by atoms with Gasteiger partial charge in [0.15, 0.2) is 0 Å². The minimum Gasteiger partial charge on any atom is -0.481 e. The summed E-state index contributed by atoms with van der Waals surface area (Å²) in [6, 6.07) is 0. The fourth-order valence-electron chi connectivity index (χ4n) is 0.857. The van der Waals surface area contributed by atoms with Gasteiger partial charge in [0, 0.05) is 6.42 Å². The van der Waals surface area contributed by atoms with Crippen molar-refractivity contribution < 1.29 is 9.90 Å². The molecule has 1 N–H and O–H groups in total. The summed E-state index contributed by atoms with van der Waals surface area (Å²) in [5.74, 6) is -0.00650. The van der Waals surface area contributed by atoms with Gasteiger partial charge in [0.1, 0.15) is 0 Å². The molecule has 0 heterocycles. The highest BCUT2D eigenvalue weighted by Crippen LogP contribution is 2.02. The highest BCUT2D eigenvalue weighted by atomic mass is 16.4. The zero-order valence-corrected chi connectivity index (χ0v) is 7.92. The molecule has 0 aromatic carbocycles. The third-order valence-corrected chi connectivity index (χ3v) is 1.54. The molecule has 0 aliphatic carbocycles. The number of carbonyl (C=O) groups is 1. The molecule has 0 saturated heterocycles. The van der Waals surface area contributed by atoms with E-state index in [1.54, 1.807) is 0 Å². The van der Waals surface area contributed by atoms with Crippen molar-refractivity contribution in [3.8, 4) is 0 Å². The van der Waals surface area contributed by atoms with E-state index in [1.807, 2.05) is 0 Å². The molecule has 0 aromatic heterocycles. The molecule has 0 aromatic rings. The first-order chi connectivity index (χ1) is 5.63. The van der Waals surface area contributed by atoms with Gasteiger partial charge in [-0.3, -0.25) is 4.79 Å². The predicted octanol–water partition coefficient (Wildman–Crippen LogP) is 2.84. The van der Waals surface area contributed by atoms with Crippen LogP contribution in [-0.2, 0) is 4.79 Å². The van der Waals surface area contributed by atoms with E-state index in [-0.39, 0.29) is 6.42 Å². The summed E-state index contributed by atoms with van der Waals surface area (Å²) in [6.45, 7) is 4.34. The van der Waals surface area contributed by atoms with Crippen LogP contribution >= 0.6 is 0 Å². The topological polar surface area (TPSA) is 37.3 Å². The number of rotatable bonds is 6. The first-order valence-electron chi connectivity index (χ1n) is 4.49. The smallest absolute Gasteiger partial charge is 0.303 e. The normalized spacial score (nSPS) is 11.2. The van der Waals surface area contributed by atoms with E-state index in [1.165, 1.54) is 0 Å². The van der Waals surface area contributed by atoms with Crippen LogP contribution in [0.2, 0.25) is 0 Å². The summed E-state index contributed by atoms with van der Waals surface area (Å²) < 4.78 is 0. The number of carboxylic acid groups (broad SMARTS) is 1. The lowest BCUT2D eigenvalue weighted by Crippen LogP contribution is -1.92. The molecular weight excluding hydrogens is 152 g/mol. The Labute approximate surface area is 74.3 Å². The summed E-state index contributed by atoms with van der Waals surface area (Å²) in [4.78, 5) is 10.1. The van der Waals surface area contributed by atoms with Crippen molar-refractivity contribution in [2.24, 2.45) is 5.92 Å².